The molecule has 6 nitrogen and oxygen atoms in total. The topological polar surface area (TPSA) is 101 Å². The van der Waals surface area contributed by atoms with Gasteiger partial charge in [0.25, 0.3) is 0 Å². The Morgan fingerprint density at radius 1 is 1.47 bits per heavy atom. The average Bonchev–Trinajstić information content (AvgIpc) is 2.31. The number of likely N-dealkylation sites (N-methyl/N-ethyl adjacent to an activating group) is 1. The van der Waals surface area contributed by atoms with Gasteiger partial charge in [0, 0.05) is 6.54 Å². The second-order valence-electron chi connectivity index (χ2n) is 3.92. The summed E-state index contributed by atoms with van der Waals surface area (Å²) in [5.41, 5.74) is 5.41. The van der Waals surface area contributed by atoms with Gasteiger partial charge < -0.3 is 11.1 Å². The predicted molar refractivity (Wildman–Crippen MR) is 69.3 cm³/mol. The normalized spacial score (nSPS) is 13.0. The number of nitrogen functional groups attached to an aromatic ring is 1. The van der Waals surface area contributed by atoms with Crippen LogP contribution in [0.2, 0.25) is 0 Å². The highest BCUT2D eigenvalue weighted by molar-refractivity contribution is 7.89. The van der Waals surface area contributed by atoms with Crippen molar-refractivity contribution in [1.82, 2.24) is 10.0 Å². The molecule has 1 amide bonds. The molecule has 0 aromatic heterocycles. The summed E-state index contributed by atoms with van der Waals surface area (Å²) >= 11 is 0. The molecule has 0 aliphatic heterocycles. The SMILES string of the molecule is CCNC(=O)C(C)NS(=O)(=O)c1cc(F)ccc1N. The van der Waals surface area contributed by atoms with Gasteiger partial charge in [-0.2, -0.15) is 4.72 Å². The van der Waals surface area contributed by atoms with Crippen molar-refractivity contribution in [3.8, 4) is 0 Å². The number of anilines is 1. The Morgan fingerprint density at radius 2 is 2.11 bits per heavy atom. The lowest BCUT2D eigenvalue weighted by molar-refractivity contribution is -0.122. The van der Waals surface area contributed by atoms with Gasteiger partial charge in [0.2, 0.25) is 15.9 Å². The third-order valence-corrected chi connectivity index (χ3v) is 3.94. The van der Waals surface area contributed by atoms with Crippen molar-refractivity contribution >= 4 is 21.6 Å². The molecule has 1 aromatic rings. The van der Waals surface area contributed by atoms with Crippen LogP contribution in [0.15, 0.2) is 23.1 Å². The summed E-state index contributed by atoms with van der Waals surface area (Å²) in [4.78, 5) is 11.1. The first-order valence-corrected chi connectivity index (χ1v) is 7.11. The molecule has 0 heterocycles. The number of nitrogens with one attached hydrogen (secondary N) is 2. The Bertz CT molecular complexity index is 575. The molecule has 8 heteroatoms. The third kappa shape index (κ3) is 3.90. The van der Waals surface area contributed by atoms with Crippen molar-refractivity contribution in [3.63, 3.8) is 0 Å². The van der Waals surface area contributed by atoms with Crippen LogP contribution >= 0.6 is 0 Å². The van der Waals surface area contributed by atoms with E-state index in [-0.39, 0.29) is 10.6 Å². The molecule has 106 valence electrons. The van der Waals surface area contributed by atoms with E-state index in [2.05, 4.69) is 10.0 Å². The maximum Gasteiger partial charge on any atom is 0.243 e. The van der Waals surface area contributed by atoms with Crippen molar-refractivity contribution in [2.75, 3.05) is 12.3 Å². The van der Waals surface area contributed by atoms with E-state index in [4.69, 9.17) is 5.73 Å². The highest BCUT2D eigenvalue weighted by Crippen LogP contribution is 2.19. The lowest BCUT2D eigenvalue weighted by Crippen LogP contribution is -2.44. The van der Waals surface area contributed by atoms with Crippen LogP contribution in [0.1, 0.15) is 13.8 Å². The van der Waals surface area contributed by atoms with Gasteiger partial charge in [-0.3, -0.25) is 4.79 Å². The summed E-state index contributed by atoms with van der Waals surface area (Å²) in [6, 6.07) is 2.04. The number of carbonyl (C=O) groups excluding carboxylic acids is 1. The molecule has 0 fully saturated rings. The molecule has 0 saturated heterocycles. The molecule has 0 saturated carbocycles. The fourth-order valence-corrected chi connectivity index (χ4v) is 2.76. The fourth-order valence-electron chi connectivity index (χ4n) is 1.42. The predicted octanol–water partition coefficient (Wildman–Crippen LogP) is 0.211. The van der Waals surface area contributed by atoms with Crippen LogP contribution in [-0.4, -0.2) is 26.9 Å². The van der Waals surface area contributed by atoms with Gasteiger partial charge in [0.05, 0.1) is 11.7 Å². The standard InChI is InChI=1S/C11H16FN3O3S/c1-3-14-11(16)7(2)15-19(17,18)10-6-8(12)4-5-9(10)13/h4-7,15H,3,13H2,1-2H3,(H,14,16). The molecule has 1 rings (SSSR count). The Hall–Kier alpha value is -1.67. The summed E-state index contributed by atoms with van der Waals surface area (Å²) in [5, 5.41) is 2.47. The number of carbonyl (C=O) groups is 1. The summed E-state index contributed by atoms with van der Waals surface area (Å²) in [7, 11) is -4.05. The second-order valence-corrected chi connectivity index (χ2v) is 5.60. The number of benzene rings is 1. The van der Waals surface area contributed by atoms with Crippen LogP contribution in [0.4, 0.5) is 10.1 Å². The quantitative estimate of drug-likeness (QED) is 0.674. The Balaban J connectivity index is 2.99. The Kier molecular flexibility index (Phi) is 4.84. The summed E-state index contributed by atoms with van der Waals surface area (Å²) < 4.78 is 39.2. The van der Waals surface area contributed by atoms with E-state index in [1.54, 1.807) is 6.92 Å². The minimum atomic E-state index is -4.05. The van der Waals surface area contributed by atoms with Crippen molar-refractivity contribution in [1.29, 1.82) is 0 Å². The molecule has 0 spiro atoms. The molecule has 0 bridgehead atoms. The monoisotopic (exact) mass is 289 g/mol. The molecule has 1 aromatic carbocycles. The van der Waals surface area contributed by atoms with E-state index >= 15 is 0 Å². The number of amides is 1. The maximum atomic E-state index is 13.1. The van der Waals surface area contributed by atoms with E-state index in [0.29, 0.717) is 6.54 Å². The summed E-state index contributed by atoms with van der Waals surface area (Å²) in [6.45, 7) is 3.48. The molecular weight excluding hydrogens is 273 g/mol. The first kappa shape index (κ1) is 15.4. The van der Waals surface area contributed by atoms with Crippen molar-refractivity contribution in [3.05, 3.63) is 24.0 Å². The zero-order valence-corrected chi connectivity index (χ0v) is 11.4. The number of sulfonamides is 1. The number of rotatable bonds is 5. The average molecular weight is 289 g/mol. The maximum absolute atomic E-state index is 13.1. The highest BCUT2D eigenvalue weighted by Gasteiger charge is 2.23. The van der Waals surface area contributed by atoms with Gasteiger partial charge >= 0.3 is 0 Å². The van der Waals surface area contributed by atoms with E-state index in [0.717, 1.165) is 18.2 Å². The van der Waals surface area contributed by atoms with Crippen LogP contribution in [0, 0.1) is 5.82 Å². The van der Waals surface area contributed by atoms with Gasteiger partial charge in [-0.05, 0) is 32.0 Å². The van der Waals surface area contributed by atoms with Gasteiger partial charge in [0.1, 0.15) is 10.7 Å². The van der Waals surface area contributed by atoms with E-state index < -0.39 is 27.8 Å². The van der Waals surface area contributed by atoms with E-state index in [9.17, 15) is 17.6 Å². The number of halogens is 1. The van der Waals surface area contributed by atoms with Gasteiger partial charge in [-0.1, -0.05) is 0 Å². The smallest absolute Gasteiger partial charge is 0.243 e. The van der Waals surface area contributed by atoms with Crippen LogP contribution in [-0.2, 0) is 14.8 Å². The lowest BCUT2D eigenvalue weighted by Gasteiger charge is -2.14. The van der Waals surface area contributed by atoms with Gasteiger partial charge in [-0.15, -0.1) is 0 Å². The first-order chi connectivity index (χ1) is 8.77. The molecule has 0 aliphatic carbocycles. The minimum absolute atomic E-state index is 0.0861. The molecule has 4 N–H and O–H groups in total. The lowest BCUT2D eigenvalue weighted by atomic mass is 10.3. The minimum Gasteiger partial charge on any atom is -0.398 e. The molecule has 0 aliphatic rings. The van der Waals surface area contributed by atoms with Crippen LogP contribution in [0.3, 0.4) is 0 Å². The molecule has 1 unspecified atom stereocenters. The summed E-state index contributed by atoms with van der Waals surface area (Å²) in [6.07, 6.45) is 0. The first-order valence-electron chi connectivity index (χ1n) is 5.63. The Morgan fingerprint density at radius 3 is 2.68 bits per heavy atom. The molecule has 0 radical (unpaired) electrons. The largest absolute Gasteiger partial charge is 0.398 e. The summed E-state index contributed by atoms with van der Waals surface area (Å²) in [5.74, 6) is -1.19. The zero-order valence-electron chi connectivity index (χ0n) is 10.6. The Labute approximate surface area is 111 Å². The molecular formula is C11H16FN3O3S. The molecule has 19 heavy (non-hydrogen) atoms. The second kappa shape index (κ2) is 5.98. The van der Waals surface area contributed by atoms with Crippen LogP contribution in [0.5, 0.6) is 0 Å². The van der Waals surface area contributed by atoms with Gasteiger partial charge in [-0.25, -0.2) is 12.8 Å². The fraction of sp³-hybridized carbons (Fsp3) is 0.364. The molecule has 1 atom stereocenters. The van der Waals surface area contributed by atoms with Crippen LogP contribution < -0.4 is 15.8 Å². The van der Waals surface area contributed by atoms with Crippen molar-refractivity contribution in [2.45, 2.75) is 24.8 Å². The number of hydrogen-bond donors (Lipinski definition) is 3. The van der Waals surface area contributed by atoms with Crippen molar-refractivity contribution < 1.29 is 17.6 Å². The van der Waals surface area contributed by atoms with Gasteiger partial charge in [0.15, 0.2) is 0 Å². The number of nitrogens with two attached hydrogens (primary N) is 1. The zero-order chi connectivity index (χ0) is 14.6. The third-order valence-electron chi connectivity index (χ3n) is 2.34. The van der Waals surface area contributed by atoms with Crippen molar-refractivity contribution in [2.24, 2.45) is 0 Å². The van der Waals surface area contributed by atoms with E-state index in [1.807, 2.05) is 0 Å². The van der Waals surface area contributed by atoms with E-state index in [1.165, 1.54) is 6.92 Å². The number of hydrogen-bond acceptors (Lipinski definition) is 4. The van der Waals surface area contributed by atoms with Crippen LogP contribution in [0.25, 0.3) is 0 Å². The highest BCUT2D eigenvalue weighted by atomic mass is 32.2.